The summed E-state index contributed by atoms with van der Waals surface area (Å²) in [5.74, 6) is -1.26. The van der Waals surface area contributed by atoms with Gasteiger partial charge >= 0.3 is 12.0 Å². The normalized spacial score (nSPS) is 18.8. The van der Waals surface area contributed by atoms with Gasteiger partial charge in [0.1, 0.15) is 0 Å². The van der Waals surface area contributed by atoms with E-state index in [0.29, 0.717) is 26.1 Å². The minimum absolute atomic E-state index is 0.116. The lowest BCUT2D eigenvalue weighted by Crippen LogP contribution is -2.47. The van der Waals surface area contributed by atoms with Crippen molar-refractivity contribution in [2.24, 2.45) is 11.7 Å². The average molecular weight is 243 g/mol. The highest BCUT2D eigenvalue weighted by Gasteiger charge is 2.20. The molecule has 6 heteroatoms. The summed E-state index contributed by atoms with van der Waals surface area (Å²) in [6.07, 6.45) is 2.12. The first-order chi connectivity index (χ1) is 8.00. The van der Waals surface area contributed by atoms with Crippen LogP contribution in [0.4, 0.5) is 4.79 Å². The van der Waals surface area contributed by atoms with E-state index in [1.54, 1.807) is 11.8 Å². The lowest BCUT2D eigenvalue weighted by molar-refractivity contribution is -0.141. The summed E-state index contributed by atoms with van der Waals surface area (Å²) in [4.78, 5) is 24.0. The molecule has 1 aliphatic heterocycles. The van der Waals surface area contributed by atoms with Crippen LogP contribution in [0.25, 0.3) is 0 Å². The van der Waals surface area contributed by atoms with Gasteiger partial charge in [0, 0.05) is 25.7 Å². The predicted molar refractivity (Wildman–Crippen MR) is 63.6 cm³/mol. The Bertz CT molecular complexity index is 275. The van der Waals surface area contributed by atoms with Crippen molar-refractivity contribution in [3.8, 4) is 0 Å². The molecule has 2 amide bonds. The zero-order chi connectivity index (χ0) is 12.8. The van der Waals surface area contributed by atoms with Crippen molar-refractivity contribution in [2.75, 3.05) is 19.6 Å². The second kappa shape index (κ2) is 6.44. The number of hydrogen-bond acceptors (Lipinski definition) is 3. The molecule has 4 N–H and O–H groups in total. The van der Waals surface area contributed by atoms with E-state index >= 15 is 0 Å². The van der Waals surface area contributed by atoms with Crippen molar-refractivity contribution in [2.45, 2.75) is 32.2 Å². The van der Waals surface area contributed by atoms with E-state index in [1.165, 1.54) is 0 Å². The minimum atomic E-state index is -0.830. The number of nitrogens with two attached hydrogens (primary N) is 1. The standard InChI is InChI=1S/C11H21N3O3/c1-8(10(15)16)2-5-13-11(17)14-6-3-9(12)4-7-14/h8-9H,2-7,12H2,1H3,(H,13,17)(H,15,16). The van der Waals surface area contributed by atoms with Crippen LogP contribution in [0.15, 0.2) is 0 Å². The molecular formula is C11H21N3O3. The van der Waals surface area contributed by atoms with Crippen LogP contribution in [-0.2, 0) is 4.79 Å². The number of likely N-dealkylation sites (tertiary alicyclic amines) is 1. The second-order valence-electron chi connectivity index (χ2n) is 4.58. The molecule has 17 heavy (non-hydrogen) atoms. The van der Waals surface area contributed by atoms with Crippen LogP contribution in [0.5, 0.6) is 0 Å². The molecule has 1 atom stereocenters. The van der Waals surface area contributed by atoms with Gasteiger partial charge in [-0.2, -0.15) is 0 Å². The van der Waals surface area contributed by atoms with Crippen LogP contribution in [0.3, 0.4) is 0 Å². The van der Waals surface area contributed by atoms with Crippen LogP contribution >= 0.6 is 0 Å². The van der Waals surface area contributed by atoms with E-state index < -0.39 is 11.9 Å². The van der Waals surface area contributed by atoms with E-state index in [-0.39, 0.29) is 12.1 Å². The van der Waals surface area contributed by atoms with Gasteiger partial charge in [0.15, 0.2) is 0 Å². The van der Waals surface area contributed by atoms with Crippen LogP contribution in [-0.4, -0.2) is 47.7 Å². The smallest absolute Gasteiger partial charge is 0.317 e. The van der Waals surface area contributed by atoms with Crippen LogP contribution < -0.4 is 11.1 Å². The van der Waals surface area contributed by atoms with Crippen LogP contribution in [0.1, 0.15) is 26.2 Å². The number of piperidine rings is 1. The maximum Gasteiger partial charge on any atom is 0.317 e. The van der Waals surface area contributed by atoms with Gasteiger partial charge in [-0.25, -0.2) is 4.79 Å². The molecule has 1 heterocycles. The van der Waals surface area contributed by atoms with Gasteiger partial charge in [-0.15, -0.1) is 0 Å². The van der Waals surface area contributed by atoms with Crippen molar-refractivity contribution in [1.29, 1.82) is 0 Å². The summed E-state index contributed by atoms with van der Waals surface area (Å²) in [5, 5.41) is 11.4. The van der Waals surface area contributed by atoms with Gasteiger partial charge in [0.25, 0.3) is 0 Å². The molecule has 1 rings (SSSR count). The van der Waals surface area contributed by atoms with Crippen molar-refractivity contribution in [1.82, 2.24) is 10.2 Å². The van der Waals surface area contributed by atoms with Gasteiger partial charge in [0.2, 0.25) is 0 Å². The number of amides is 2. The Morgan fingerprint density at radius 1 is 1.47 bits per heavy atom. The Morgan fingerprint density at radius 3 is 2.59 bits per heavy atom. The number of urea groups is 1. The molecule has 1 unspecified atom stereocenters. The third-order valence-corrected chi connectivity index (χ3v) is 3.10. The third-order valence-electron chi connectivity index (χ3n) is 3.10. The van der Waals surface area contributed by atoms with Crippen LogP contribution in [0, 0.1) is 5.92 Å². The highest BCUT2D eigenvalue weighted by atomic mass is 16.4. The second-order valence-corrected chi connectivity index (χ2v) is 4.58. The third kappa shape index (κ3) is 4.60. The molecule has 0 bridgehead atoms. The Labute approximate surface area is 101 Å². The van der Waals surface area contributed by atoms with Crippen molar-refractivity contribution < 1.29 is 14.7 Å². The van der Waals surface area contributed by atoms with Gasteiger partial charge in [-0.05, 0) is 19.3 Å². The van der Waals surface area contributed by atoms with Gasteiger partial charge in [0.05, 0.1) is 5.92 Å². The zero-order valence-electron chi connectivity index (χ0n) is 10.2. The number of carboxylic acids is 1. The number of aliphatic carboxylic acids is 1. The monoisotopic (exact) mass is 243 g/mol. The maximum absolute atomic E-state index is 11.7. The number of carbonyl (C=O) groups excluding carboxylic acids is 1. The molecule has 0 aromatic rings. The fraction of sp³-hybridized carbons (Fsp3) is 0.818. The van der Waals surface area contributed by atoms with Gasteiger partial charge in [-0.3, -0.25) is 4.79 Å². The molecule has 1 saturated heterocycles. The summed E-state index contributed by atoms with van der Waals surface area (Å²) in [5.41, 5.74) is 5.75. The van der Waals surface area contributed by atoms with Crippen molar-refractivity contribution >= 4 is 12.0 Å². The Kier molecular flexibility index (Phi) is 5.21. The zero-order valence-corrected chi connectivity index (χ0v) is 10.2. The number of nitrogens with one attached hydrogen (secondary N) is 1. The van der Waals surface area contributed by atoms with E-state index in [2.05, 4.69) is 5.32 Å². The first kappa shape index (κ1) is 13.8. The number of carboxylic acid groups (broad SMARTS) is 1. The number of carbonyl (C=O) groups is 2. The summed E-state index contributed by atoms with van der Waals surface area (Å²) < 4.78 is 0. The summed E-state index contributed by atoms with van der Waals surface area (Å²) >= 11 is 0. The van der Waals surface area contributed by atoms with E-state index in [9.17, 15) is 9.59 Å². The molecule has 6 nitrogen and oxygen atoms in total. The Hall–Kier alpha value is -1.30. The molecular weight excluding hydrogens is 222 g/mol. The van der Waals surface area contributed by atoms with E-state index in [1.807, 2.05) is 0 Å². The molecule has 0 radical (unpaired) electrons. The van der Waals surface area contributed by atoms with Crippen molar-refractivity contribution in [3.05, 3.63) is 0 Å². The Balaban J connectivity index is 2.19. The quantitative estimate of drug-likeness (QED) is 0.658. The highest BCUT2D eigenvalue weighted by Crippen LogP contribution is 2.08. The topological polar surface area (TPSA) is 95.7 Å². The molecule has 0 aromatic carbocycles. The molecule has 0 aliphatic carbocycles. The molecule has 1 aliphatic rings. The maximum atomic E-state index is 11.7. The fourth-order valence-corrected chi connectivity index (χ4v) is 1.73. The molecule has 0 aromatic heterocycles. The van der Waals surface area contributed by atoms with E-state index in [0.717, 1.165) is 12.8 Å². The lowest BCUT2D eigenvalue weighted by atomic mass is 10.1. The first-order valence-electron chi connectivity index (χ1n) is 6.02. The average Bonchev–Trinajstić information content (AvgIpc) is 2.29. The number of nitrogens with zero attached hydrogens (tertiary/aromatic N) is 1. The lowest BCUT2D eigenvalue weighted by Gasteiger charge is -2.30. The molecule has 0 spiro atoms. The number of rotatable bonds is 4. The molecule has 0 saturated carbocycles. The fourth-order valence-electron chi connectivity index (χ4n) is 1.73. The largest absolute Gasteiger partial charge is 0.481 e. The predicted octanol–water partition coefficient (Wildman–Crippen LogP) is 0.230. The van der Waals surface area contributed by atoms with Gasteiger partial charge < -0.3 is 21.1 Å². The number of hydrogen-bond donors (Lipinski definition) is 3. The minimum Gasteiger partial charge on any atom is -0.481 e. The summed E-state index contributed by atoms with van der Waals surface area (Å²) in [6, 6.07) is 0.0839. The van der Waals surface area contributed by atoms with E-state index in [4.69, 9.17) is 10.8 Å². The van der Waals surface area contributed by atoms with Gasteiger partial charge in [-0.1, -0.05) is 6.92 Å². The SMILES string of the molecule is CC(CCNC(=O)N1CCC(N)CC1)C(=O)O. The first-order valence-corrected chi connectivity index (χ1v) is 6.02. The molecule has 98 valence electrons. The van der Waals surface area contributed by atoms with Crippen molar-refractivity contribution in [3.63, 3.8) is 0 Å². The molecule has 1 fully saturated rings. The Morgan fingerprint density at radius 2 is 2.06 bits per heavy atom. The van der Waals surface area contributed by atoms with Crippen LogP contribution in [0.2, 0.25) is 0 Å². The summed E-state index contributed by atoms with van der Waals surface area (Å²) in [7, 11) is 0. The summed E-state index contributed by atoms with van der Waals surface area (Å²) in [6.45, 7) is 3.40. The highest BCUT2D eigenvalue weighted by molar-refractivity contribution is 5.74.